The monoisotopic (exact) mass is 234 g/mol. The minimum Gasteiger partial charge on any atom is -0.372 e. The Morgan fingerprint density at radius 1 is 1.53 bits per heavy atom. The van der Waals surface area contributed by atoms with Crippen LogP contribution in [0.1, 0.15) is 60.5 Å². The lowest BCUT2D eigenvalue weighted by Crippen LogP contribution is -2.14. The van der Waals surface area contributed by atoms with Gasteiger partial charge < -0.3 is 10.5 Å². The average Bonchev–Trinajstić information content (AvgIpc) is 2.81. The van der Waals surface area contributed by atoms with Crippen molar-refractivity contribution in [1.29, 1.82) is 0 Å². The second-order valence-corrected chi connectivity index (χ2v) is 4.73. The van der Waals surface area contributed by atoms with Crippen molar-refractivity contribution in [3.8, 4) is 0 Å². The maximum Gasteiger partial charge on any atom is 0.248 e. The van der Waals surface area contributed by atoms with Crippen LogP contribution in [0.5, 0.6) is 0 Å². The van der Waals surface area contributed by atoms with Gasteiger partial charge in [0.05, 0.1) is 11.8 Å². The molecular formula is C13H18N2O2. The number of hydrogen-bond donors (Lipinski definition) is 1. The number of nitrogens with two attached hydrogens (primary N) is 1. The molecule has 1 saturated heterocycles. The maximum absolute atomic E-state index is 11.3. The molecule has 0 radical (unpaired) electrons. The number of carbonyl (C=O) groups is 1. The molecule has 0 spiro atoms. The first-order chi connectivity index (χ1) is 8.08. The first-order valence-electron chi connectivity index (χ1n) is 6.01. The highest BCUT2D eigenvalue weighted by Gasteiger charge is 2.21. The first-order valence-corrected chi connectivity index (χ1v) is 6.01. The van der Waals surface area contributed by atoms with Gasteiger partial charge in [0.2, 0.25) is 5.91 Å². The molecule has 2 rings (SSSR count). The minimum absolute atomic E-state index is 0.0202. The van der Waals surface area contributed by atoms with E-state index in [9.17, 15) is 4.79 Å². The molecule has 1 aromatic rings. The van der Waals surface area contributed by atoms with Gasteiger partial charge in [0, 0.05) is 17.9 Å². The first kappa shape index (κ1) is 12.0. The molecule has 1 fully saturated rings. The van der Waals surface area contributed by atoms with Gasteiger partial charge in [0.15, 0.2) is 0 Å². The molecule has 1 atom stereocenters. The smallest absolute Gasteiger partial charge is 0.248 e. The van der Waals surface area contributed by atoms with Crippen molar-refractivity contribution in [3.05, 3.63) is 29.1 Å². The largest absolute Gasteiger partial charge is 0.372 e. The summed E-state index contributed by atoms with van der Waals surface area (Å²) in [4.78, 5) is 15.9. The van der Waals surface area contributed by atoms with Crippen LogP contribution in [-0.2, 0) is 4.74 Å². The number of hydrogen-bond acceptors (Lipinski definition) is 3. The average molecular weight is 234 g/mol. The fourth-order valence-electron chi connectivity index (χ4n) is 1.99. The standard InChI is InChI=1S/C13H18N2O2/c1-8(2)10-6-9(13(14)16)7-11(15-10)12-4-3-5-17-12/h6-8,12H,3-5H2,1-2H3,(H2,14,16). The van der Waals surface area contributed by atoms with Gasteiger partial charge >= 0.3 is 0 Å². The van der Waals surface area contributed by atoms with Gasteiger partial charge in [0.1, 0.15) is 0 Å². The topological polar surface area (TPSA) is 65.2 Å². The van der Waals surface area contributed by atoms with Crippen molar-refractivity contribution in [2.24, 2.45) is 5.73 Å². The number of aromatic nitrogens is 1. The fourth-order valence-corrected chi connectivity index (χ4v) is 1.99. The van der Waals surface area contributed by atoms with Crippen LogP contribution in [0.15, 0.2) is 12.1 Å². The van der Waals surface area contributed by atoms with Gasteiger partial charge in [-0.15, -0.1) is 0 Å². The lowest BCUT2D eigenvalue weighted by Gasteiger charge is -2.13. The second kappa shape index (κ2) is 4.84. The van der Waals surface area contributed by atoms with Gasteiger partial charge in [-0.2, -0.15) is 0 Å². The van der Waals surface area contributed by atoms with Gasteiger partial charge in [-0.25, -0.2) is 0 Å². The predicted octanol–water partition coefficient (Wildman–Crippen LogP) is 2.16. The Labute approximate surface area is 101 Å². The molecule has 4 nitrogen and oxygen atoms in total. The molecule has 1 aromatic heterocycles. The van der Waals surface area contributed by atoms with Crippen molar-refractivity contribution in [1.82, 2.24) is 4.98 Å². The van der Waals surface area contributed by atoms with Crippen LogP contribution in [0.4, 0.5) is 0 Å². The number of rotatable bonds is 3. The van der Waals surface area contributed by atoms with E-state index in [1.807, 2.05) is 13.8 Å². The molecule has 0 aliphatic carbocycles. The Bertz CT molecular complexity index is 423. The van der Waals surface area contributed by atoms with Crippen molar-refractivity contribution in [3.63, 3.8) is 0 Å². The third kappa shape index (κ3) is 2.64. The molecule has 1 amide bonds. The van der Waals surface area contributed by atoms with Crippen LogP contribution in [0.3, 0.4) is 0 Å². The summed E-state index contributed by atoms with van der Waals surface area (Å²) >= 11 is 0. The molecule has 0 bridgehead atoms. The van der Waals surface area contributed by atoms with Crippen LogP contribution >= 0.6 is 0 Å². The zero-order valence-electron chi connectivity index (χ0n) is 10.3. The van der Waals surface area contributed by atoms with Gasteiger partial charge in [-0.1, -0.05) is 13.8 Å². The summed E-state index contributed by atoms with van der Waals surface area (Å²) in [7, 11) is 0. The van der Waals surface area contributed by atoms with Crippen LogP contribution in [0, 0.1) is 0 Å². The summed E-state index contributed by atoms with van der Waals surface area (Å²) in [6.07, 6.45) is 2.03. The zero-order chi connectivity index (χ0) is 12.4. The van der Waals surface area contributed by atoms with E-state index in [0.29, 0.717) is 5.56 Å². The van der Waals surface area contributed by atoms with Gasteiger partial charge in [-0.3, -0.25) is 9.78 Å². The van der Waals surface area contributed by atoms with E-state index in [1.165, 1.54) is 0 Å². The van der Waals surface area contributed by atoms with Crippen LogP contribution in [0.2, 0.25) is 0 Å². The number of nitrogens with zero attached hydrogens (tertiary/aromatic N) is 1. The molecule has 0 aromatic carbocycles. The molecule has 0 saturated carbocycles. The fraction of sp³-hybridized carbons (Fsp3) is 0.538. The minimum atomic E-state index is -0.409. The molecule has 2 N–H and O–H groups in total. The number of pyridine rings is 1. The van der Waals surface area contributed by atoms with E-state index in [2.05, 4.69) is 4.98 Å². The summed E-state index contributed by atoms with van der Waals surface area (Å²) < 4.78 is 5.59. The van der Waals surface area contributed by atoms with Crippen molar-refractivity contribution < 1.29 is 9.53 Å². The Balaban J connectivity index is 2.39. The number of carbonyl (C=O) groups excluding carboxylic acids is 1. The molecule has 17 heavy (non-hydrogen) atoms. The maximum atomic E-state index is 11.3. The molecular weight excluding hydrogens is 216 g/mol. The van der Waals surface area contributed by atoms with E-state index in [0.717, 1.165) is 30.8 Å². The highest BCUT2D eigenvalue weighted by atomic mass is 16.5. The summed E-state index contributed by atoms with van der Waals surface area (Å²) in [6.45, 7) is 4.86. The Kier molecular flexibility index (Phi) is 3.43. The third-order valence-corrected chi connectivity index (χ3v) is 3.00. The molecule has 2 heterocycles. The van der Waals surface area contributed by atoms with Crippen molar-refractivity contribution >= 4 is 5.91 Å². The molecule has 4 heteroatoms. The van der Waals surface area contributed by atoms with Gasteiger partial charge in [0.25, 0.3) is 0 Å². The Morgan fingerprint density at radius 3 is 2.82 bits per heavy atom. The van der Waals surface area contributed by atoms with Crippen LogP contribution in [-0.4, -0.2) is 17.5 Å². The van der Waals surface area contributed by atoms with Crippen molar-refractivity contribution in [2.45, 2.75) is 38.7 Å². The van der Waals surface area contributed by atoms with E-state index in [4.69, 9.17) is 10.5 Å². The van der Waals surface area contributed by atoms with E-state index < -0.39 is 5.91 Å². The summed E-state index contributed by atoms with van der Waals surface area (Å²) in [5.74, 6) is -0.136. The van der Waals surface area contributed by atoms with E-state index in [1.54, 1.807) is 12.1 Å². The highest BCUT2D eigenvalue weighted by molar-refractivity contribution is 5.93. The number of amides is 1. The third-order valence-electron chi connectivity index (χ3n) is 3.00. The highest BCUT2D eigenvalue weighted by Crippen LogP contribution is 2.29. The summed E-state index contributed by atoms with van der Waals surface area (Å²) in [5, 5.41) is 0. The molecule has 1 aliphatic rings. The molecule has 1 unspecified atom stereocenters. The van der Waals surface area contributed by atoms with Gasteiger partial charge in [-0.05, 0) is 30.9 Å². The summed E-state index contributed by atoms with van der Waals surface area (Å²) in [6, 6.07) is 3.52. The number of primary amides is 1. The second-order valence-electron chi connectivity index (χ2n) is 4.73. The van der Waals surface area contributed by atoms with E-state index >= 15 is 0 Å². The normalized spacial score (nSPS) is 19.8. The van der Waals surface area contributed by atoms with E-state index in [-0.39, 0.29) is 12.0 Å². The van der Waals surface area contributed by atoms with Crippen molar-refractivity contribution in [2.75, 3.05) is 6.61 Å². The SMILES string of the molecule is CC(C)c1cc(C(N)=O)cc(C2CCCO2)n1. The predicted molar refractivity (Wildman–Crippen MR) is 64.8 cm³/mol. The quantitative estimate of drug-likeness (QED) is 0.871. The Hall–Kier alpha value is -1.42. The number of ether oxygens (including phenoxy) is 1. The lowest BCUT2D eigenvalue weighted by molar-refractivity contribution is 0.0996. The molecule has 92 valence electrons. The van der Waals surface area contributed by atoms with Crippen LogP contribution < -0.4 is 5.73 Å². The zero-order valence-corrected chi connectivity index (χ0v) is 10.3. The Morgan fingerprint density at radius 2 is 2.29 bits per heavy atom. The summed E-state index contributed by atoms with van der Waals surface area (Å²) in [5.41, 5.74) is 7.60. The molecule has 1 aliphatic heterocycles. The van der Waals surface area contributed by atoms with Crippen LogP contribution in [0.25, 0.3) is 0 Å². The lowest BCUT2D eigenvalue weighted by atomic mass is 10.0.